The molecule has 2 rings (SSSR count). The van der Waals surface area contributed by atoms with Crippen molar-refractivity contribution >= 4 is 11.6 Å². The molecule has 0 N–H and O–H groups in total. The van der Waals surface area contributed by atoms with Crippen molar-refractivity contribution in [2.45, 2.75) is 25.6 Å². The lowest BCUT2D eigenvalue weighted by atomic mass is 10.2. The summed E-state index contributed by atoms with van der Waals surface area (Å²) in [4.78, 5) is 2.41. The van der Waals surface area contributed by atoms with Gasteiger partial charge in [0.05, 0.1) is 19.3 Å². The van der Waals surface area contributed by atoms with Gasteiger partial charge in [-0.3, -0.25) is 9.58 Å². The van der Waals surface area contributed by atoms with Crippen molar-refractivity contribution < 1.29 is 4.74 Å². The molecule has 0 spiro atoms. The van der Waals surface area contributed by atoms with Gasteiger partial charge in [-0.05, 0) is 13.0 Å². The van der Waals surface area contributed by atoms with E-state index in [1.165, 1.54) is 0 Å². The molecule has 1 aliphatic rings. The summed E-state index contributed by atoms with van der Waals surface area (Å²) in [6.07, 6.45) is 3.98. The van der Waals surface area contributed by atoms with Crippen LogP contribution in [0.3, 0.4) is 0 Å². The van der Waals surface area contributed by atoms with Gasteiger partial charge in [0.25, 0.3) is 0 Å². The van der Waals surface area contributed by atoms with Crippen molar-refractivity contribution in [3.63, 3.8) is 0 Å². The third-order valence-electron chi connectivity index (χ3n) is 2.98. The normalized spacial score (nSPS) is 27.1. The van der Waals surface area contributed by atoms with Crippen molar-refractivity contribution in [3.05, 3.63) is 18.5 Å². The van der Waals surface area contributed by atoms with Crippen LogP contribution < -0.4 is 0 Å². The largest absolute Gasteiger partial charge is 0.374 e. The fourth-order valence-corrected chi connectivity index (χ4v) is 2.13. The Bertz CT molecular complexity index is 304. The van der Waals surface area contributed by atoms with Crippen LogP contribution in [0.4, 0.5) is 0 Å². The summed E-state index contributed by atoms with van der Waals surface area (Å²) >= 11 is 5.82. The van der Waals surface area contributed by atoms with Crippen molar-refractivity contribution in [1.82, 2.24) is 14.7 Å². The predicted octanol–water partition coefficient (Wildman–Crippen LogP) is 1.21. The highest BCUT2D eigenvalue weighted by atomic mass is 35.5. The first-order valence-electron chi connectivity index (χ1n) is 5.68. The molecule has 0 radical (unpaired) electrons. The second-order valence-electron chi connectivity index (χ2n) is 4.22. The molecule has 1 aromatic heterocycles. The van der Waals surface area contributed by atoms with Gasteiger partial charge < -0.3 is 4.74 Å². The predicted molar refractivity (Wildman–Crippen MR) is 63.7 cm³/mol. The number of rotatable bonds is 4. The highest BCUT2D eigenvalue weighted by Crippen LogP contribution is 2.12. The van der Waals surface area contributed by atoms with Crippen molar-refractivity contribution in [2.24, 2.45) is 0 Å². The molecule has 0 aliphatic carbocycles. The molecule has 1 saturated heterocycles. The minimum Gasteiger partial charge on any atom is -0.374 e. The summed E-state index contributed by atoms with van der Waals surface area (Å²) in [5, 5.41) is 4.20. The Morgan fingerprint density at radius 1 is 1.50 bits per heavy atom. The molecular weight excluding hydrogens is 226 g/mol. The molecule has 1 aliphatic heterocycles. The van der Waals surface area contributed by atoms with E-state index >= 15 is 0 Å². The van der Waals surface area contributed by atoms with Gasteiger partial charge in [-0.1, -0.05) is 0 Å². The van der Waals surface area contributed by atoms with Crippen LogP contribution in [-0.4, -0.2) is 52.4 Å². The molecular formula is C11H18ClN3O. The zero-order valence-corrected chi connectivity index (χ0v) is 10.3. The van der Waals surface area contributed by atoms with Crippen LogP contribution in [0.2, 0.25) is 0 Å². The molecule has 4 nitrogen and oxygen atoms in total. The highest BCUT2D eigenvalue weighted by molar-refractivity contribution is 6.18. The van der Waals surface area contributed by atoms with Gasteiger partial charge in [-0.2, -0.15) is 5.10 Å². The second-order valence-corrected chi connectivity index (χ2v) is 4.53. The molecule has 1 aromatic rings. The third kappa shape index (κ3) is 2.97. The van der Waals surface area contributed by atoms with Gasteiger partial charge in [-0.25, -0.2) is 0 Å². The van der Waals surface area contributed by atoms with Gasteiger partial charge in [-0.15, -0.1) is 11.6 Å². The molecule has 0 bridgehead atoms. The van der Waals surface area contributed by atoms with E-state index in [1.54, 1.807) is 0 Å². The third-order valence-corrected chi connectivity index (χ3v) is 3.33. The molecule has 2 unspecified atom stereocenters. The van der Waals surface area contributed by atoms with Gasteiger partial charge in [0.1, 0.15) is 0 Å². The maximum absolute atomic E-state index is 5.82. The highest BCUT2D eigenvalue weighted by Gasteiger charge is 2.24. The Kier molecular flexibility index (Phi) is 4.21. The van der Waals surface area contributed by atoms with Crippen molar-refractivity contribution in [3.8, 4) is 0 Å². The van der Waals surface area contributed by atoms with Crippen LogP contribution in [0.1, 0.15) is 6.92 Å². The van der Waals surface area contributed by atoms with Gasteiger partial charge in [0.15, 0.2) is 0 Å². The first kappa shape index (κ1) is 11.9. The van der Waals surface area contributed by atoms with E-state index in [2.05, 4.69) is 16.9 Å². The lowest BCUT2D eigenvalue weighted by molar-refractivity contribution is -0.0488. The topological polar surface area (TPSA) is 30.3 Å². The zero-order chi connectivity index (χ0) is 11.4. The minimum absolute atomic E-state index is 0.176. The van der Waals surface area contributed by atoms with Crippen molar-refractivity contribution in [2.75, 3.05) is 25.6 Å². The summed E-state index contributed by atoms with van der Waals surface area (Å²) in [6.45, 7) is 5.81. The molecule has 1 fully saturated rings. The number of nitrogens with zero attached hydrogens (tertiary/aromatic N) is 3. The van der Waals surface area contributed by atoms with E-state index in [4.69, 9.17) is 16.3 Å². The summed E-state index contributed by atoms with van der Waals surface area (Å²) in [7, 11) is 0. The summed E-state index contributed by atoms with van der Waals surface area (Å²) in [5.41, 5.74) is 0. The lowest BCUT2D eigenvalue weighted by Gasteiger charge is -2.37. The SMILES string of the molecule is CC1COC(CCl)CN1CCn1cccn1. The Hall–Kier alpha value is -0.580. The Labute approximate surface area is 101 Å². The van der Waals surface area contributed by atoms with E-state index in [9.17, 15) is 0 Å². The molecule has 16 heavy (non-hydrogen) atoms. The number of hydrogen-bond donors (Lipinski definition) is 0. The Balaban J connectivity index is 1.82. The van der Waals surface area contributed by atoms with Gasteiger partial charge in [0.2, 0.25) is 0 Å². The Morgan fingerprint density at radius 2 is 2.38 bits per heavy atom. The fraction of sp³-hybridized carbons (Fsp3) is 0.727. The number of halogens is 1. The van der Waals surface area contributed by atoms with Crippen LogP contribution in [0.15, 0.2) is 18.5 Å². The fourth-order valence-electron chi connectivity index (χ4n) is 1.94. The summed E-state index contributed by atoms with van der Waals surface area (Å²) < 4.78 is 7.57. The van der Waals surface area contributed by atoms with E-state index in [0.717, 1.165) is 26.2 Å². The lowest BCUT2D eigenvalue weighted by Crippen LogP contribution is -2.49. The smallest absolute Gasteiger partial charge is 0.0837 e. The zero-order valence-electron chi connectivity index (χ0n) is 9.55. The molecule has 0 aromatic carbocycles. The maximum Gasteiger partial charge on any atom is 0.0837 e. The van der Waals surface area contributed by atoms with Crippen LogP contribution in [0.25, 0.3) is 0 Å². The van der Waals surface area contributed by atoms with Crippen molar-refractivity contribution in [1.29, 1.82) is 0 Å². The van der Waals surface area contributed by atoms with Crippen LogP contribution in [0.5, 0.6) is 0 Å². The van der Waals surface area contributed by atoms with Crippen LogP contribution in [-0.2, 0) is 11.3 Å². The number of aromatic nitrogens is 2. The Morgan fingerprint density at radius 3 is 3.06 bits per heavy atom. The van der Waals surface area contributed by atoms with E-state index < -0.39 is 0 Å². The molecule has 0 amide bonds. The second kappa shape index (κ2) is 5.66. The summed E-state index contributed by atoms with van der Waals surface area (Å²) in [5.74, 6) is 0.574. The van der Waals surface area contributed by atoms with E-state index in [1.807, 2.05) is 23.1 Å². The first-order valence-corrected chi connectivity index (χ1v) is 6.22. The number of hydrogen-bond acceptors (Lipinski definition) is 3. The van der Waals surface area contributed by atoms with Gasteiger partial charge in [0, 0.05) is 37.4 Å². The quantitative estimate of drug-likeness (QED) is 0.745. The van der Waals surface area contributed by atoms with E-state index in [0.29, 0.717) is 11.9 Å². The van der Waals surface area contributed by atoms with E-state index in [-0.39, 0.29) is 6.10 Å². The molecule has 90 valence electrons. The minimum atomic E-state index is 0.176. The number of morpholine rings is 1. The first-order chi connectivity index (χ1) is 7.79. The molecule has 5 heteroatoms. The average molecular weight is 244 g/mol. The van der Waals surface area contributed by atoms with Gasteiger partial charge >= 0.3 is 0 Å². The number of alkyl halides is 1. The molecule has 2 heterocycles. The average Bonchev–Trinajstić information content (AvgIpc) is 2.81. The summed E-state index contributed by atoms with van der Waals surface area (Å²) in [6, 6.07) is 2.42. The maximum atomic E-state index is 5.82. The number of ether oxygens (including phenoxy) is 1. The monoisotopic (exact) mass is 243 g/mol. The molecule has 0 saturated carbocycles. The van der Waals surface area contributed by atoms with Crippen LogP contribution >= 0.6 is 11.6 Å². The molecule has 2 atom stereocenters. The standard InChI is InChI=1S/C11H18ClN3O/c1-10-9-16-11(7-12)8-14(10)5-6-15-4-2-3-13-15/h2-4,10-11H,5-9H2,1H3. The van der Waals surface area contributed by atoms with Crippen LogP contribution in [0, 0.1) is 0 Å².